The summed E-state index contributed by atoms with van der Waals surface area (Å²) in [6.07, 6.45) is 8.35. The molecular weight excluding hydrogens is 314 g/mol. The fraction of sp³-hybridized carbons (Fsp3) is 0.526. The van der Waals surface area contributed by atoms with Gasteiger partial charge in [-0.2, -0.15) is 0 Å². The van der Waals surface area contributed by atoms with Crippen molar-refractivity contribution in [3.8, 4) is 5.69 Å². The van der Waals surface area contributed by atoms with E-state index >= 15 is 0 Å². The zero-order valence-electron chi connectivity index (χ0n) is 14.5. The number of para-hydroxylation sites is 1. The fourth-order valence-corrected chi connectivity index (χ4v) is 4.31. The molecule has 1 aliphatic carbocycles. The van der Waals surface area contributed by atoms with E-state index in [0.717, 1.165) is 37.9 Å². The first-order chi connectivity index (χ1) is 12.2. The van der Waals surface area contributed by atoms with Crippen LogP contribution in [0.5, 0.6) is 0 Å². The number of carbonyl (C=O) groups excluding carboxylic acids is 1. The molecule has 1 saturated heterocycles. The van der Waals surface area contributed by atoms with Crippen LogP contribution in [0.15, 0.2) is 36.7 Å². The van der Waals surface area contributed by atoms with Gasteiger partial charge in [-0.3, -0.25) is 4.79 Å². The van der Waals surface area contributed by atoms with E-state index in [1.807, 2.05) is 35.2 Å². The summed E-state index contributed by atoms with van der Waals surface area (Å²) < 4.78 is 1.66. The highest BCUT2D eigenvalue weighted by molar-refractivity contribution is 5.90. The molecule has 1 saturated carbocycles. The van der Waals surface area contributed by atoms with Crippen molar-refractivity contribution >= 4 is 5.91 Å². The predicted molar refractivity (Wildman–Crippen MR) is 95.4 cm³/mol. The zero-order valence-corrected chi connectivity index (χ0v) is 14.5. The van der Waals surface area contributed by atoms with Gasteiger partial charge in [0.25, 0.3) is 5.91 Å². The molecule has 1 aromatic carbocycles. The Kier molecular flexibility index (Phi) is 4.29. The van der Waals surface area contributed by atoms with Crippen LogP contribution >= 0.6 is 0 Å². The number of carbonyl (C=O) groups is 1. The van der Waals surface area contributed by atoms with Crippen molar-refractivity contribution in [1.29, 1.82) is 0 Å². The molecule has 6 nitrogen and oxygen atoms in total. The van der Waals surface area contributed by atoms with E-state index in [4.69, 9.17) is 5.73 Å². The van der Waals surface area contributed by atoms with Crippen molar-refractivity contribution in [3.63, 3.8) is 0 Å². The maximum absolute atomic E-state index is 13.1. The second kappa shape index (κ2) is 6.59. The van der Waals surface area contributed by atoms with Crippen LogP contribution in [-0.4, -0.2) is 44.7 Å². The monoisotopic (exact) mass is 339 g/mol. The van der Waals surface area contributed by atoms with Gasteiger partial charge in [0.1, 0.15) is 6.33 Å². The Labute approximate surface area is 148 Å². The lowest BCUT2D eigenvalue weighted by Gasteiger charge is -2.52. The van der Waals surface area contributed by atoms with Crippen LogP contribution in [0.2, 0.25) is 0 Å². The van der Waals surface area contributed by atoms with E-state index in [-0.39, 0.29) is 23.2 Å². The van der Waals surface area contributed by atoms with Crippen molar-refractivity contribution < 1.29 is 4.79 Å². The number of amides is 1. The molecule has 6 heteroatoms. The molecular formula is C19H25N5O. The van der Waals surface area contributed by atoms with Crippen LogP contribution in [0, 0.1) is 5.41 Å². The number of nitrogens with zero attached hydrogens (tertiary/aromatic N) is 4. The Morgan fingerprint density at radius 2 is 2.00 bits per heavy atom. The summed E-state index contributed by atoms with van der Waals surface area (Å²) in [6, 6.07) is 9.97. The minimum Gasteiger partial charge on any atom is -0.332 e. The quantitative estimate of drug-likeness (QED) is 0.928. The molecule has 0 bridgehead atoms. The number of aromatic nitrogens is 3. The van der Waals surface area contributed by atoms with Gasteiger partial charge in [0.2, 0.25) is 5.82 Å². The summed E-state index contributed by atoms with van der Waals surface area (Å²) in [5, 5.41) is 4.42. The van der Waals surface area contributed by atoms with Gasteiger partial charge in [-0.15, -0.1) is 5.10 Å². The van der Waals surface area contributed by atoms with Crippen LogP contribution in [0.25, 0.3) is 5.69 Å². The lowest BCUT2D eigenvalue weighted by atomic mass is 9.62. The van der Waals surface area contributed by atoms with Crippen LogP contribution in [-0.2, 0) is 0 Å². The largest absolute Gasteiger partial charge is 0.332 e. The molecule has 1 atom stereocenters. The number of likely N-dealkylation sites (tertiary alicyclic amines) is 1. The maximum atomic E-state index is 13.1. The lowest BCUT2D eigenvalue weighted by molar-refractivity contribution is -0.00938. The SMILES string of the molecule is NCC1(C2CCCCN2C(=O)c2ncn(-c3ccccc3)n2)CCC1. The van der Waals surface area contributed by atoms with E-state index in [1.165, 1.54) is 12.8 Å². The molecule has 2 N–H and O–H groups in total. The maximum Gasteiger partial charge on any atom is 0.293 e. The molecule has 4 rings (SSSR count). The van der Waals surface area contributed by atoms with Gasteiger partial charge in [-0.25, -0.2) is 9.67 Å². The van der Waals surface area contributed by atoms with Gasteiger partial charge in [0.15, 0.2) is 0 Å². The molecule has 2 fully saturated rings. The van der Waals surface area contributed by atoms with Crippen molar-refractivity contribution in [2.75, 3.05) is 13.1 Å². The van der Waals surface area contributed by atoms with Crippen LogP contribution < -0.4 is 5.73 Å². The standard InChI is InChI=1S/C19H25N5O/c20-13-19(10-6-11-19)16-9-4-5-12-23(16)18(25)17-21-14-24(22-17)15-7-2-1-3-8-15/h1-3,7-8,14,16H,4-6,9-13,20H2. The van der Waals surface area contributed by atoms with Crippen molar-refractivity contribution in [3.05, 3.63) is 42.5 Å². The van der Waals surface area contributed by atoms with Crippen molar-refractivity contribution in [2.24, 2.45) is 11.1 Å². The summed E-state index contributed by atoms with van der Waals surface area (Å²) >= 11 is 0. The smallest absolute Gasteiger partial charge is 0.293 e. The summed E-state index contributed by atoms with van der Waals surface area (Å²) in [4.78, 5) is 19.4. The van der Waals surface area contributed by atoms with E-state index in [2.05, 4.69) is 10.1 Å². The summed E-state index contributed by atoms with van der Waals surface area (Å²) in [5.41, 5.74) is 7.12. The van der Waals surface area contributed by atoms with E-state index in [1.54, 1.807) is 11.0 Å². The molecule has 1 amide bonds. The molecule has 1 aromatic heterocycles. The van der Waals surface area contributed by atoms with E-state index in [0.29, 0.717) is 6.54 Å². The average molecular weight is 339 g/mol. The number of rotatable bonds is 4. The number of piperidine rings is 1. The van der Waals surface area contributed by atoms with Gasteiger partial charge in [0, 0.05) is 18.0 Å². The predicted octanol–water partition coefficient (Wildman–Crippen LogP) is 2.39. The first-order valence-electron chi connectivity index (χ1n) is 9.22. The average Bonchev–Trinajstić information content (AvgIpc) is 3.12. The van der Waals surface area contributed by atoms with Crippen LogP contribution in [0.4, 0.5) is 0 Å². The third kappa shape index (κ3) is 2.84. The molecule has 2 aromatic rings. The Bertz CT molecular complexity index is 732. The van der Waals surface area contributed by atoms with Crippen molar-refractivity contribution in [2.45, 2.75) is 44.6 Å². The number of hydrogen-bond donors (Lipinski definition) is 1. The third-order valence-corrected chi connectivity index (χ3v) is 5.93. The summed E-state index contributed by atoms with van der Waals surface area (Å²) in [5.74, 6) is 0.223. The summed E-state index contributed by atoms with van der Waals surface area (Å²) in [6.45, 7) is 1.44. The van der Waals surface area contributed by atoms with Crippen LogP contribution in [0.1, 0.15) is 49.1 Å². The van der Waals surface area contributed by atoms with Gasteiger partial charge >= 0.3 is 0 Å². The molecule has 1 unspecified atom stereocenters. The number of nitrogens with two attached hydrogens (primary N) is 1. The van der Waals surface area contributed by atoms with Gasteiger partial charge in [-0.05, 0) is 50.8 Å². The van der Waals surface area contributed by atoms with Crippen molar-refractivity contribution in [1.82, 2.24) is 19.7 Å². The third-order valence-electron chi connectivity index (χ3n) is 5.93. The Balaban J connectivity index is 1.58. The van der Waals surface area contributed by atoms with Gasteiger partial charge in [-0.1, -0.05) is 24.6 Å². The fourth-order valence-electron chi connectivity index (χ4n) is 4.31. The summed E-state index contributed by atoms with van der Waals surface area (Å²) in [7, 11) is 0. The normalized spacial score (nSPS) is 22.4. The molecule has 0 spiro atoms. The number of benzene rings is 1. The Hall–Kier alpha value is -2.21. The second-order valence-electron chi connectivity index (χ2n) is 7.28. The molecule has 132 valence electrons. The molecule has 1 aliphatic heterocycles. The lowest BCUT2D eigenvalue weighted by Crippen LogP contribution is -2.58. The second-order valence-corrected chi connectivity index (χ2v) is 7.28. The Morgan fingerprint density at radius 1 is 1.20 bits per heavy atom. The van der Waals surface area contributed by atoms with Crippen LogP contribution in [0.3, 0.4) is 0 Å². The van der Waals surface area contributed by atoms with E-state index in [9.17, 15) is 4.79 Å². The molecule has 2 aliphatic rings. The first-order valence-corrected chi connectivity index (χ1v) is 9.22. The minimum atomic E-state index is -0.0564. The highest BCUT2D eigenvalue weighted by Crippen LogP contribution is 2.47. The van der Waals surface area contributed by atoms with Gasteiger partial charge < -0.3 is 10.6 Å². The van der Waals surface area contributed by atoms with E-state index < -0.39 is 0 Å². The highest BCUT2D eigenvalue weighted by atomic mass is 16.2. The zero-order chi connectivity index (χ0) is 17.3. The van der Waals surface area contributed by atoms with Gasteiger partial charge in [0.05, 0.1) is 5.69 Å². The Morgan fingerprint density at radius 3 is 2.68 bits per heavy atom. The molecule has 0 radical (unpaired) electrons. The highest BCUT2D eigenvalue weighted by Gasteiger charge is 2.47. The topological polar surface area (TPSA) is 77.0 Å². The number of hydrogen-bond acceptors (Lipinski definition) is 4. The minimum absolute atomic E-state index is 0.0564. The molecule has 2 heterocycles. The first kappa shape index (κ1) is 16.3. The molecule has 25 heavy (non-hydrogen) atoms.